The summed E-state index contributed by atoms with van der Waals surface area (Å²) in [6.07, 6.45) is 4.01. The van der Waals surface area contributed by atoms with Gasteiger partial charge in [0.15, 0.2) is 5.96 Å². The normalized spacial score (nSPS) is 17.7. The quantitative estimate of drug-likeness (QED) is 0.347. The van der Waals surface area contributed by atoms with E-state index in [1.807, 2.05) is 13.8 Å². The van der Waals surface area contributed by atoms with Crippen molar-refractivity contribution in [2.45, 2.75) is 65.7 Å². The molecule has 0 spiro atoms. The van der Waals surface area contributed by atoms with Gasteiger partial charge in [0.05, 0.1) is 12.2 Å². The zero-order chi connectivity index (χ0) is 19.9. The van der Waals surface area contributed by atoms with Crippen LogP contribution < -0.4 is 10.6 Å². The lowest BCUT2D eigenvalue weighted by molar-refractivity contribution is 0.152. The van der Waals surface area contributed by atoms with Crippen molar-refractivity contribution in [3.05, 3.63) is 52.7 Å². The summed E-state index contributed by atoms with van der Waals surface area (Å²) >= 11 is 0. The molecule has 0 amide bonds. The predicted octanol–water partition coefficient (Wildman–Crippen LogP) is 4.15. The lowest BCUT2D eigenvalue weighted by Crippen LogP contribution is -2.37. The van der Waals surface area contributed by atoms with Crippen molar-refractivity contribution in [1.29, 1.82) is 0 Å². The van der Waals surface area contributed by atoms with Crippen LogP contribution in [0.5, 0.6) is 0 Å². The molecule has 1 aromatic carbocycles. The number of aromatic nitrogens is 1. The fourth-order valence-corrected chi connectivity index (χ4v) is 3.57. The van der Waals surface area contributed by atoms with Gasteiger partial charge in [0, 0.05) is 26.2 Å². The van der Waals surface area contributed by atoms with Crippen LogP contribution >= 0.6 is 24.0 Å². The van der Waals surface area contributed by atoms with Gasteiger partial charge in [0.25, 0.3) is 0 Å². The van der Waals surface area contributed by atoms with Gasteiger partial charge in [-0.3, -0.25) is 9.89 Å². The van der Waals surface area contributed by atoms with Crippen LogP contribution in [0.3, 0.4) is 0 Å². The Hall–Kier alpha value is -1.61. The average Bonchev–Trinajstić information content (AvgIpc) is 3.02. The summed E-state index contributed by atoms with van der Waals surface area (Å²) in [6, 6.07) is 9.58. The number of nitrogens with one attached hydrogen (secondary N) is 2. The molecule has 3 rings (SSSR count). The molecule has 2 heterocycles. The highest BCUT2D eigenvalue weighted by atomic mass is 127. The zero-order valence-corrected chi connectivity index (χ0v) is 20.3. The van der Waals surface area contributed by atoms with E-state index in [2.05, 4.69) is 56.7 Å². The first-order valence-corrected chi connectivity index (χ1v) is 10.2. The van der Waals surface area contributed by atoms with Gasteiger partial charge in [-0.25, -0.2) is 4.98 Å². The first kappa shape index (κ1) is 23.7. The molecule has 29 heavy (non-hydrogen) atoms. The summed E-state index contributed by atoms with van der Waals surface area (Å²) in [4.78, 5) is 11.2. The Bertz CT molecular complexity index is 768. The van der Waals surface area contributed by atoms with E-state index in [1.54, 1.807) is 7.05 Å². The highest BCUT2D eigenvalue weighted by molar-refractivity contribution is 14.0. The SMILES string of the molecule is CN=C(NCc1ccc(CN2CCCCC2C)cc1)NCc1nc(C)c(C)o1.I. The number of aryl methyl sites for hydroxylation is 2. The Morgan fingerprint density at radius 1 is 1.14 bits per heavy atom. The van der Waals surface area contributed by atoms with Crippen LogP contribution in [0.25, 0.3) is 0 Å². The molecule has 1 fully saturated rings. The molecule has 0 bridgehead atoms. The van der Waals surface area contributed by atoms with Crippen LogP contribution in [-0.4, -0.2) is 35.5 Å². The van der Waals surface area contributed by atoms with Crippen molar-refractivity contribution >= 4 is 29.9 Å². The van der Waals surface area contributed by atoms with Crippen LogP contribution in [0.1, 0.15) is 54.7 Å². The fourth-order valence-electron chi connectivity index (χ4n) is 3.57. The number of hydrogen-bond acceptors (Lipinski definition) is 4. The molecule has 1 atom stereocenters. The second-order valence-electron chi connectivity index (χ2n) is 7.66. The summed E-state index contributed by atoms with van der Waals surface area (Å²) in [6.45, 7) is 9.73. The Labute approximate surface area is 191 Å². The topological polar surface area (TPSA) is 65.7 Å². The van der Waals surface area contributed by atoms with Crippen molar-refractivity contribution in [1.82, 2.24) is 20.5 Å². The number of piperidine rings is 1. The van der Waals surface area contributed by atoms with Crippen molar-refractivity contribution in [3.63, 3.8) is 0 Å². The molecular formula is C22H34IN5O. The number of aliphatic imine (C=N–C) groups is 1. The van der Waals surface area contributed by atoms with Gasteiger partial charge in [-0.05, 0) is 51.3 Å². The van der Waals surface area contributed by atoms with Gasteiger partial charge in [-0.15, -0.1) is 24.0 Å². The number of nitrogens with zero attached hydrogens (tertiary/aromatic N) is 3. The van der Waals surface area contributed by atoms with E-state index in [-0.39, 0.29) is 24.0 Å². The second kappa shape index (κ2) is 11.5. The minimum Gasteiger partial charge on any atom is -0.444 e. The minimum atomic E-state index is 0. The molecule has 1 unspecified atom stereocenters. The number of hydrogen-bond donors (Lipinski definition) is 2. The van der Waals surface area contributed by atoms with E-state index in [0.717, 1.165) is 30.5 Å². The zero-order valence-electron chi connectivity index (χ0n) is 18.0. The van der Waals surface area contributed by atoms with Gasteiger partial charge in [-0.1, -0.05) is 30.7 Å². The van der Waals surface area contributed by atoms with E-state index < -0.39 is 0 Å². The largest absolute Gasteiger partial charge is 0.444 e. The number of halogens is 1. The Morgan fingerprint density at radius 2 is 1.83 bits per heavy atom. The first-order valence-electron chi connectivity index (χ1n) is 10.2. The van der Waals surface area contributed by atoms with Gasteiger partial charge in [-0.2, -0.15) is 0 Å². The number of oxazole rings is 1. The molecule has 2 N–H and O–H groups in total. The summed E-state index contributed by atoms with van der Waals surface area (Å²) in [5.74, 6) is 2.27. The third kappa shape index (κ3) is 6.99. The lowest BCUT2D eigenvalue weighted by Gasteiger charge is -2.33. The molecule has 1 saturated heterocycles. The first-order chi connectivity index (χ1) is 13.5. The number of likely N-dealkylation sites (tertiary alicyclic amines) is 1. The number of benzene rings is 1. The van der Waals surface area contributed by atoms with Gasteiger partial charge < -0.3 is 15.1 Å². The van der Waals surface area contributed by atoms with E-state index in [0.29, 0.717) is 18.5 Å². The van der Waals surface area contributed by atoms with Gasteiger partial charge >= 0.3 is 0 Å². The molecule has 1 aliphatic heterocycles. The highest BCUT2D eigenvalue weighted by Crippen LogP contribution is 2.19. The predicted molar refractivity (Wildman–Crippen MR) is 129 cm³/mol. The smallest absolute Gasteiger partial charge is 0.214 e. The van der Waals surface area contributed by atoms with Crippen LogP contribution in [-0.2, 0) is 19.6 Å². The van der Waals surface area contributed by atoms with Crippen molar-refractivity contribution in [3.8, 4) is 0 Å². The Kier molecular flexibility index (Phi) is 9.42. The maximum atomic E-state index is 5.59. The molecule has 7 heteroatoms. The van der Waals surface area contributed by atoms with Crippen LogP contribution in [0, 0.1) is 13.8 Å². The van der Waals surface area contributed by atoms with Crippen LogP contribution in [0.2, 0.25) is 0 Å². The summed E-state index contributed by atoms with van der Waals surface area (Å²) in [5.41, 5.74) is 3.55. The van der Waals surface area contributed by atoms with Crippen molar-refractivity contribution < 1.29 is 4.42 Å². The molecule has 0 aliphatic carbocycles. The number of guanidine groups is 1. The Balaban J connectivity index is 0.00000300. The maximum Gasteiger partial charge on any atom is 0.214 e. The van der Waals surface area contributed by atoms with Crippen molar-refractivity contribution in [2.75, 3.05) is 13.6 Å². The fraction of sp³-hybridized carbons (Fsp3) is 0.545. The molecular weight excluding hydrogens is 477 g/mol. The standard InChI is InChI=1S/C22H33N5O.HI/c1-16-7-5-6-12-27(16)15-20-10-8-19(9-11-20)13-24-22(23-4)25-14-21-26-17(2)18(3)28-21;/h8-11,16H,5-7,12-15H2,1-4H3,(H2,23,24,25);1H. The van der Waals surface area contributed by atoms with Crippen LogP contribution in [0.15, 0.2) is 33.7 Å². The Morgan fingerprint density at radius 3 is 2.45 bits per heavy atom. The third-order valence-electron chi connectivity index (χ3n) is 5.51. The molecule has 160 valence electrons. The van der Waals surface area contributed by atoms with Crippen molar-refractivity contribution in [2.24, 2.45) is 4.99 Å². The van der Waals surface area contributed by atoms with E-state index in [9.17, 15) is 0 Å². The lowest BCUT2D eigenvalue weighted by atomic mass is 10.0. The second-order valence-corrected chi connectivity index (χ2v) is 7.66. The average molecular weight is 511 g/mol. The summed E-state index contributed by atoms with van der Waals surface area (Å²) < 4.78 is 5.59. The molecule has 1 aliphatic rings. The third-order valence-corrected chi connectivity index (χ3v) is 5.51. The minimum absolute atomic E-state index is 0. The number of rotatable bonds is 6. The molecule has 6 nitrogen and oxygen atoms in total. The summed E-state index contributed by atoms with van der Waals surface area (Å²) in [7, 11) is 1.77. The maximum absolute atomic E-state index is 5.59. The van der Waals surface area contributed by atoms with Crippen LogP contribution in [0.4, 0.5) is 0 Å². The summed E-state index contributed by atoms with van der Waals surface area (Å²) in [5, 5.41) is 6.59. The highest BCUT2D eigenvalue weighted by Gasteiger charge is 2.17. The van der Waals surface area contributed by atoms with Gasteiger partial charge in [0.1, 0.15) is 5.76 Å². The molecule has 2 aromatic rings. The molecule has 0 saturated carbocycles. The molecule has 1 aromatic heterocycles. The van der Waals surface area contributed by atoms with E-state index >= 15 is 0 Å². The monoisotopic (exact) mass is 511 g/mol. The van der Waals surface area contributed by atoms with E-state index in [4.69, 9.17) is 4.42 Å². The van der Waals surface area contributed by atoms with Gasteiger partial charge in [0.2, 0.25) is 5.89 Å². The van der Waals surface area contributed by atoms with E-state index in [1.165, 1.54) is 36.9 Å². The molecule has 0 radical (unpaired) electrons.